The van der Waals surface area contributed by atoms with Crippen LogP contribution in [0.4, 0.5) is 4.39 Å². The Bertz CT molecular complexity index is 568. The zero-order chi connectivity index (χ0) is 14.1. The van der Waals surface area contributed by atoms with E-state index < -0.39 is 27.3 Å². The predicted molar refractivity (Wildman–Crippen MR) is 63.1 cm³/mol. The molecule has 100 valence electrons. The van der Waals surface area contributed by atoms with Crippen LogP contribution in [0.2, 0.25) is 0 Å². The van der Waals surface area contributed by atoms with Crippen LogP contribution >= 0.6 is 0 Å². The molecule has 1 N–H and O–H groups in total. The molecule has 1 rings (SSSR count). The molecule has 0 radical (unpaired) electrons. The molecule has 0 unspecified atom stereocenters. The van der Waals surface area contributed by atoms with Crippen LogP contribution in [0.25, 0.3) is 0 Å². The Morgan fingerprint density at radius 2 is 1.94 bits per heavy atom. The summed E-state index contributed by atoms with van der Waals surface area (Å²) in [6.07, 6.45) is 0. The van der Waals surface area contributed by atoms with E-state index in [0.29, 0.717) is 4.31 Å². The largest absolute Gasteiger partial charge is 0.480 e. The lowest BCUT2D eigenvalue weighted by Gasteiger charge is -2.30. The summed E-state index contributed by atoms with van der Waals surface area (Å²) >= 11 is 0. The van der Waals surface area contributed by atoms with Gasteiger partial charge < -0.3 is 5.11 Å². The molecule has 0 amide bonds. The molecule has 0 heterocycles. The highest BCUT2D eigenvalue weighted by Gasteiger charge is 2.40. The number of carbonyl (C=O) groups is 1. The van der Waals surface area contributed by atoms with Crippen LogP contribution < -0.4 is 0 Å². The van der Waals surface area contributed by atoms with Gasteiger partial charge in [-0.05, 0) is 32.0 Å². The monoisotopic (exact) mass is 275 g/mol. The first-order valence-electron chi connectivity index (χ1n) is 5.08. The van der Waals surface area contributed by atoms with Gasteiger partial charge in [0.15, 0.2) is 0 Å². The van der Waals surface area contributed by atoms with Gasteiger partial charge in [0.05, 0.1) is 4.90 Å². The summed E-state index contributed by atoms with van der Waals surface area (Å²) in [6.45, 7) is 2.51. The van der Waals surface area contributed by atoms with Crippen molar-refractivity contribution in [3.05, 3.63) is 30.1 Å². The smallest absolute Gasteiger partial charge is 0.324 e. The number of sulfonamides is 1. The summed E-state index contributed by atoms with van der Waals surface area (Å²) in [4.78, 5) is 10.7. The van der Waals surface area contributed by atoms with Gasteiger partial charge in [0.2, 0.25) is 10.0 Å². The number of hydrogen-bond acceptors (Lipinski definition) is 3. The van der Waals surface area contributed by atoms with E-state index in [2.05, 4.69) is 0 Å². The van der Waals surface area contributed by atoms with Gasteiger partial charge >= 0.3 is 5.97 Å². The lowest BCUT2D eigenvalue weighted by Crippen LogP contribution is -2.50. The summed E-state index contributed by atoms with van der Waals surface area (Å²) in [5, 5.41) is 9.00. The summed E-state index contributed by atoms with van der Waals surface area (Å²) in [5.74, 6) is -1.98. The summed E-state index contributed by atoms with van der Waals surface area (Å²) < 4.78 is 38.0. The number of carboxylic acid groups (broad SMARTS) is 1. The summed E-state index contributed by atoms with van der Waals surface area (Å²) in [5.41, 5.74) is -1.62. The van der Waals surface area contributed by atoms with Crippen LogP contribution in [0.3, 0.4) is 0 Å². The Hall–Kier alpha value is -1.47. The topological polar surface area (TPSA) is 74.7 Å². The van der Waals surface area contributed by atoms with Crippen molar-refractivity contribution in [3.63, 3.8) is 0 Å². The van der Waals surface area contributed by atoms with E-state index in [-0.39, 0.29) is 4.90 Å². The number of hydrogen-bond donors (Lipinski definition) is 1. The molecular weight excluding hydrogens is 261 g/mol. The Balaban J connectivity index is 3.28. The van der Waals surface area contributed by atoms with Crippen LogP contribution in [0.5, 0.6) is 0 Å². The van der Waals surface area contributed by atoms with Gasteiger partial charge in [-0.1, -0.05) is 6.07 Å². The fraction of sp³-hybridized carbons (Fsp3) is 0.364. The third-order valence-corrected chi connectivity index (χ3v) is 4.79. The Morgan fingerprint density at radius 3 is 2.39 bits per heavy atom. The average Bonchev–Trinajstić information content (AvgIpc) is 2.27. The van der Waals surface area contributed by atoms with Crippen LogP contribution in [0.15, 0.2) is 29.2 Å². The predicted octanol–water partition coefficient (Wildman–Crippen LogP) is 1.31. The first-order chi connectivity index (χ1) is 8.10. The lowest BCUT2D eigenvalue weighted by atomic mass is 10.1. The van der Waals surface area contributed by atoms with Crippen LogP contribution in [-0.2, 0) is 14.8 Å². The van der Waals surface area contributed by atoms with Crippen molar-refractivity contribution in [2.75, 3.05) is 7.05 Å². The lowest BCUT2D eigenvalue weighted by molar-refractivity contribution is -0.145. The summed E-state index contributed by atoms with van der Waals surface area (Å²) in [6, 6.07) is 4.43. The number of nitrogens with zero attached hydrogens (tertiary/aromatic N) is 1. The van der Waals surface area contributed by atoms with Crippen LogP contribution in [0.1, 0.15) is 13.8 Å². The highest BCUT2D eigenvalue weighted by Crippen LogP contribution is 2.23. The van der Waals surface area contributed by atoms with Gasteiger partial charge in [-0.3, -0.25) is 4.79 Å². The number of likely N-dealkylation sites (N-methyl/N-ethyl adjacent to an activating group) is 1. The number of benzene rings is 1. The van der Waals surface area contributed by atoms with E-state index in [1.807, 2.05) is 0 Å². The highest BCUT2D eigenvalue weighted by atomic mass is 32.2. The van der Waals surface area contributed by atoms with Gasteiger partial charge in [0.25, 0.3) is 0 Å². The molecule has 7 heteroatoms. The Morgan fingerprint density at radius 1 is 1.39 bits per heavy atom. The van der Waals surface area contributed by atoms with Crippen molar-refractivity contribution in [2.45, 2.75) is 24.3 Å². The molecular formula is C11H14FNO4S. The molecule has 0 aliphatic carbocycles. The minimum atomic E-state index is -4.05. The number of aliphatic carboxylic acids is 1. The highest BCUT2D eigenvalue weighted by molar-refractivity contribution is 7.89. The van der Waals surface area contributed by atoms with Crippen molar-refractivity contribution in [2.24, 2.45) is 0 Å². The van der Waals surface area contributed by atoms with Crippen LogP contribution in [-0.4, -0.2) is 36.4 Å². The zero-order valence-corrected chi connectivity index (χ0v) is 11.0. The van der Waals surface area contributed by atoms with Gasteiger partial charge in [-0.25, -0.2) is 12.8 Å². The summed E-state index contributed by atoms with van der Waals surface area (Å²) in [7, 11) is -2.90. The number of halogens is 1. The standard InChI is InChI=1S/C11H14FNO4S/c1-11(2,10(14)15)13(3)18(16,17)9-6-4-5-8(12)7-9/h4-7H,1-3H3,(H,14,15). The molecule has 1 aromatic rings. The van der Waals surface area contributed by atoms with E-state index in [4.69, 9.17) is 5.11 Å². The molecule has 0 aromatic heterocycles. The van der Waals surface area contributed by atoms with E-state index in [1.54, 1.807) is 0 Å². The molecule has 0 saturated heterocycles. The molecule has 18 heavy (non-hydrogen) atoms. The van der Waals surface area contributed by atoms with Crippen molar-refractivity contribution in [3.8, 4) is 0 Å². The van der Waals surface area contributed by atoms with Gasteiger partial charge in [0, 0.05) is 7.05 Å². The van der Waals surface area contributed by atoms with E-state index >= 15 is 0 Å². The first-order valence-corrected chi connectivity index (χ1v) is 6.52. The minimum absolute atomic E-state index is 0.278. The normalized spacial score (nSPS) is 12.7. The van der Waals surface area contributed by atoms with Gasteiger partial charge in [-0.15, -0.1) is 0 Å². The molecule has 0 aliphatic rings. The van der Waals surface area contributed by atoms with Crippen molar-refractivity contribution in [1.82, 2.24) is 4.31 Å². The van der Waals surface area contributed by atoms with E-state index in [0.717, 1.165) is 19.2 Å². The zero-order valence-electron chi connectivity index (χ0n) is 10.2. The second-order valence-electron chi connectivity index (χ2n) is 4.29. The molecule has 0 aliphatic heterocycles. The second-order valence-corrected chi connectivity index (χ2v) is 6.26. The fourth-order valence-electron chi connectivity index (χ4n) is 1.22. The molecule has 0 saturated carbocycles. The van der Waals surface area contributed by atoms with E-state index in [9.17, 15) is 17.6 Å². The molecule has 0 spiro atoms. The number of rotatable bonds is 4. The molecule has 5 nitrogen and oxygen atoms in total. The Labute approximate surface area is 105 Å². The molecule has 0 atom stereocenters. The minimum Gasteiger partial charge on any atom is -0.480 e. The van der Waals surface area contributed by atoms with Gasteiger partial charge in [-0.2, -0.15) is 4.31 Å². The number of carboxylic acids is 1. The third kappa shape index (κ3) is 2.51. The maximum Gasteiger partial charge on any atom is 0.324 e. The third-order valence-electron chi connectivity index (χ3n) is 2.77. The van der Waals surface area contributed by atoms with Gasteiger partial charge in [0.1, 0.15) is 11.4 Å². The molecule has 0 fully saturated rings. The van der Waals surface area contributed by atoms with E-state index in [1.165, 1.54) is 26.0 Å². The fourth-order valence-corrected chi connectivity index (χ4v) is 2.73. The average molecular weight is 275 g/mol. The van der Waals surface area contributed by atoms with Crippen molar-refractivity contribution < 1.29 is 22.7 Å². The maximum atomic E-state index is 13.0. The van der Waals surface area contributed by atoms with Crippen molar-refractivity contribution in [1.29, 1.82) is 0 Å². The second kappa shape index (κ2) is 4.66. The maximum absolute atomic E-state index is 13.0. The molecule has 0 bridgehead atoms. The molecule has 1 aromatic carbocycles. The van der Waals surface area contributed by atoms with Crippen LogP contribution in [0, 0.1) is 5.82 Å². The quantitative estimate of drug-likeness (QED) is 0.899. The Kier molecular flexibility index (Phi) is 3.78. The van der Waals surface area contributed by atoms with Crippen molar-refractivity contribution >= 4 is 16.0 Å². The first kappa shape index (κ1) is 14.6. The SMILES string of the molecule is CN(C(C)(C)C(=O)O)S(=O)(=O)c1cccc(F)c1.